The van der Waals surface area contributed by atoms with Crippen LogP contribution in [0.3, 0.4) is 0 Å². The summed E-state index contributed by atoms with van der Waals surface area (Å²) in [5.74, 6) is -0.740. The minimum absolute atomic E-state index is 0.0207. The van der Waals surface area contributed by atoms with Gasteiger partial charge in [0.25, 0.3) is 0 Å². The summed E-state index contributed by atoms with van der Waals surface area (Å²) in [6.07, 6.45) is 12.3. The van der Waals surface area contributed by atoms with Crippen LogP contribution in [0, 0.1) is 17.8 Å². The summed E-state index contributed by atoms with van der Waals surface area (Å²) in [7, 11) is -0.612. The van der Waals surface area contributed by atoms with E-state index in [1.807, 2.05) is 26.8 Å². The number of aldehydes is 1. The number of carbonyl (C=O) groups excluding carboxylic acids is 3. The lowest BCUT2D eigenvalue weighted by Gasteiger charge is -2.41. The number of ether oxygens (including phenoxy) is 3. The van der Waals surface area contributed by atoms with Gasteiger partial charge in [-0.2, -0.15) is 0 Å². The number of hydrogen-bond donors (Lipinski definition) is 0. The molecular weight excluding hydrogens is 536 g/mol. The topological polar surface area (TPSA) is 88.1 Å². The van der Waals surface area contributed by atoms with Crippen molar-refractivity contribution in [3.63, 3.8) is 0 Å². The highest BCUT2D eigenvalue weighted by atomic mass is 28.4. The normalized spacial score (nSPS) is 31.6. The maximum atomic E-state index is 13.1. The quantitative estimate of drug-likeness (QED) is 0.138. The van der Waals surface area contributed by atoms with Crippen LogP contribution in [0.5, 0.6) is 0 Å². The largest absolute Gasteiger partial charge is 0.462 e. The molecule has 1 saturated heterocycles. The zero-order chi connectivity index (χ0) is 31.0. The highest BCUT2D eigenvalue weighted by molar-refractivity contribution is 6.74. The van der Waals surface area contributed by atoms with Crippen molar-refractivity contribution in [1.82, 2.24) is 0 Å². The van der Waals surface area contributed by atoms with Crippen LogP contribution in [0.4, 0.5) is 0 Å². The minimum Gasteiger partial charge on any atom is -0.462 e. The van der Waals surface area contributed by atoms with Gasteiger partial charge in [0.05, 0.1) is 12.2 Å². The van der Waals surface area contributed by atoms with E-state index in [1.54, 1.807) is 13.2 Å². The molecule has 2 aliphatic heterocycles. The monoisotopic (exact) mass is 588 g/mol. The van der Waals surface area contributed by atoms with Crippen molar-refractivity contribution in [3.05, 3.63) is 47.6 Å². The molecule has 0 N–H and O–H groups in total. The van der Waals surface area contributed by atoms with Crippen molar-refractivity contribution < 1.29 is 33.0 Å². The third-order valence-electron chi connectivity index (χ3n) is 8.95. The summed E-state index contributed by atoms with van der Waals surface area (Å²) >= 11 is 0. The molecule has 0 radical (unpaired) electrons. The van der Waals surface area contributed by atoms with Gasteiger partial charge >= 0.3 is 11.9 Å². The molecule has 7 atom stereocenters. The number of fused-ring (bicyclic) bond motifs is 2. The second kappa shape index (κ2) is 15.3. The zero-order valence-corrected chi connectivity index (χ0v) is 27.8. The first-order valence-electron chi connectivity index (χ1n) is 14.8. The van der Waals surface area contributed by atoms with Crippen LogP contribution >= 0.6 is 0 Å². The van der Waals surface area contributed by atoms with Crippen molar-refractivity contribution >= 4 is 26.5 Å². The molecule has 2 bridgehead atoms. The molecule has 1 fully saturated rings. The van der Waals surface area contributed by atoms with Gasteiger partial charge in [-0.1, -0.05) is 58.9 Å². The first-order chi connectivity index (χ1) is 19.1. The average molecular weight is 589 g/mol. The maximum absolute atomic E-state index is 13.1. The average Bonchev–Trinajstić information content (AvgIpc) is 2.86. The Morgan fingerprint density at radius 2 is 1.85 bits per heavy atom. The van der Waals surface area contributed by atoms with E-state index < -0.39 is 26.5 Å². The van der Waals surface area contributed by atoms with Gasteiger partial charge in [-0.05, 0) is 68.0 Å². The molecule has 2 aliphatic rings. The lowest BCUT2D eigenvalue weighted by Crippen LogP contribution is -2.46. The van der Waals surface area contributed by atoms with Gasteiger partial charge in [0.15, 0.2) is 8.32 Å². The van der Waals surface area contributed by atoms with Crippen LogP contribution < -0.4 is 0 Å². The molecule has 2 rings (SSSR count). The van der Waals surface area contributed by atoms with Gasteiger partial charge < -0.3 is 18.6 Å². The fourth-order valence-electron chi connectivity index (χ4n) is 5.23. The van der Waals surface area contributed by atoms with E-state index in [4.69, 9.17) is 18.6 Å². The molecule has 0 aromatic carbocycles. The molecule has 2 heterocycles. The predicted octanol–water partition coefficient (Wildman–Crippen LogP) is 6.90. The molecule has 0 aromatic heterocycles. The Morgan fingerprint density at radius 3 is 2.46 bits per heavy atom. The first kappa shape index (κ1) is 34.9. The molecule has 41 heavy (non-hydrogen) atoms. The Labute approximate surface area is 248 Å². The molecule has 8 heteroatoms. The number of allylic oxidation sites excluding steroid dienone is 4. The lowest BCUT2D eigenvalue weighted by molar-refractivity contribution is -0.158. The van der Waals surface area contributed by atoms with E-state index in [2.05, 4.69) is 52.9 Å². The zero-order valence-electron chi connectivity index (χ0n) is 26.8. The standard InChI is InChI=1S/C33H52O7Si/c1-22-13-11-14-23(2)28(40-41(9,10)33(5,6)7)21-29(25(4)32(37-8)24(3)17-18-34)39-30(35)16-12-15-26-19-27(22)38-31(36)20-26/h11-14,16-18,22,25-29,32H,15,19-21H2,1-10H3/b13-11-,16-12+,23-14+,24-17+. The summed E-state index contributed by atoms with van der Waals surface area (Å²) < 4.78 is 24.5. The Kier molecular flexibility index (Phi) is 13.0. The van der Waals surface area contributed by atoms with Crippen molar-refractivity contribution in [3.8, 4) is 0 Å². The Hall–Kier alpha value is -2.29. The number of hydrogen-bond acceptors (Lipinski definition) is 7. The summed E-state index contributed by atoms with van der Waals surface area (Å²) in [5, 5.41) is -0.0207. The Morgan fingerprint density at radius 1 is 1.17 bits per heavy atom. The van der Waals surface area contributed by atoms with E-state index in [0.717, 1.165) is 23.9 Å². The molecule has 0 aromatic rings. The number of cyclic esters (lactones) is 1. The minimum atomic E-state index is -2.21. The van der Waals surface area contributed by atoms with Crippen molar-refractivity contribution in [2.45, 2.75) is 117 Å². The molecular formula is C33H52O7Si. The van der Waals surface area contributed by atoms with Crippen molar-refractivity contribution in [1.29, 1.82) is 0 Å². The summed E-state index contributed by atoms with van der Waals surface area (Å²) in [5.41, 5.74) is 1.78. The third kappa shape index (κ3) is 10.2. The molecule has 0 saturated carbocycles. The molecule has 0 aliphatic carbocycles. The fraction of sp³-hybridized carbons (Fsp3) is 0.667. The summed E-state index contributed by atoms with van der Waals surface area (Å²) in [6, 6.07) is 0. The van der Waals surface area contributed by atoms with Gasteiger partial charge in [-0.25, -0.2) is 4.79 Å². The van der Waals surface area contributed by atoms with Crippen LogP contribution in [0.2, 0.25) is 18.1 Å². The Bertz CT molecular complexity index is 1030. The predicted molar refractivity (Wildman–Crippen MR) is 165 cm³/mol. The number of esters is 2. The molecule has 0 spiro atoms. The van der Waals surface area contributed by atoms with Gasteiger partial charge in [-0.15, -0.1) is 0 Å². The molecule has 7 unspecified atom stereocenters. The van der Waals surface area contributed by atoms with Crippen LogP contribution in [0.25, 0.3) is 0 Å². The second-order valence-corrected chi connectivity index (χ2v) is 18.0. The second-order valence-electron chi connectivity index (χ2n) is 13.3. The molecule has 230 valence electrons. The van der Waals surface area contributed by atoms with E-state index in [-0.39, 0.29) is 41.0 Å². The van der Waals surface area contributed by atoms with Gasteiger partial charge in [0, 0.05) is 37.9 Å². The third-order valence-corrected chi connectivity index (χ3v) is 13.4. The smallest absolute Gasteiger partial charge is 0.330 e. The van der Waals surface area contributed by atoms with Crippen molar-refractivity contribution in [2.75, 3.05) is 7.11 Å². The molecule has 7 nitrogen and oxygen atoms in total. The Balaban J connectivity index is 2.57. The number of rotatable bonds is 7. The number of methoxy groups -OCH3 is 1. The van der Waals surface area contributed by atoms with Gasteiger partial charge in [0.2, 0.25) is 0 Å². The lowest BCUT2D eigenvalue weighted by atomic mass is 9.86. The van der Waals surface area contributed by atoms with E-state index in [0.29, 0.717) is 19.3 Å². The van der Waals surface area contributed by atoms with Crippen molar-refractivity contribution in [2.24, 2.45) is 17.8 Å². The summed E-state index contributed by atoms with van der Waals surface area (Å²) in [6.45, 7) is 19.0. The van der Waals surface area contributed by atoms with Crippen LogP contribution in [-0.4, -0.2) is 58.1 Å². The van der Waals surface area contributed by atoms with Gasteiger partial charge in [0.1, 0.15) is 18.5 Å². The van der Waals surface area contributed by atoms with E-state index in [1.165, 1.54) is 12.2 Å². The number of carbonyl (C=O) groups is 3. The van der Waals surface area contributed by atoms with E-state index >= 15 is 0 Å². The maximum Gasteiger partial charge on any atom is 0.330 e. The van der Waals surface area contributed by atoms with Gasteiger partial charge in [-0.3, -0.25) is 9.59 Å². The highest BCUT2D eigenvalue weighted by Crippen LogP contribution is 2.39. The van der Waals surface area contributed by atoms with E-state index in [9.17, 15) is 14.4 Å². The summed E-state index contributed by atoms with van der Waals surface area (Å²) in [4.78, 5) is 36.7. The first-order valence-corrected chi connectivity index (χ1v) is 17.7. The van der Waals surface area contributed by atoms with Crippen LogP contribution in [0.1, 0.15) is 74.1 Å². The van der Waals surface area contributed by atoms with Crippen LogP contribution in [0.15, 0.2) is 47.6 Å². The van der Waals surface area contributed by atoms with Crippen LogP contribution in [-0.2, 0) is 33.0 Å². The fourth-order valence-corrected chi connectivity index (χ4v) is 6.57. The highest BCUT2D eigenvalue weighted by Gasteiger charge is 2.41. The molecule has 0 amide bonds. The SMILES string of the molecule is COC(/C(C)=C/C=O)C(C)C1CC(O[Si](C)(C)C(C)(C)C)/C(C)=C/C=C\C(C)C2CC(C/C=C/C(=O)O1)CC(=O)O2.